The monoisotopic (exact) mass is 282 g/mol. The molecule has 2 aromatic rings. The van der Waals surface area contributed by atoms with Crippen molar-refractivity contribution in [2.24, 2.45) is 0 Å². The van der Waals surface area contributed by atoms with Crippen molar-refractivity contribution in [2.75, 3.05) is 18.0 Å². The van der Waals surface area contributed by atoms with Crippen LogP contribution in [0.2, 0.25) is 0 Å². The molecular formula is C17H22N4. The third kappa shape index (κ3) is 3.58. The quantitative estimate of drug-likeness (QED) is 0.915. The number of hydrogen-bond acceptors (Lipinski definition) is 4. The summed E-state index contributed by atoms with van der Waals surface area (Å²) in [5, 5.41) is 3.51. The Morgan fingerprint density at radius 3 is 2.43 bits per heavy atom. The molecule has 1 saturated heterocycles. The van der Waals surface area contributed by atoms with E-state index in [2.05, 4.69) is 51.4 Å². The topological polar surface area (TPSA) is 41.1 Å². The van der Waals surface area contributed by atoms with Crippen LogP contribution in [0.4, 0.5) is 5.95 Å². The maximum Gasteiger partial charge on any atom is 0.225 e. The van der Waals surface area contributed by atoms with Gasteiger partial charge in [0.1, 0.15) is 0 Å². The summed E-state index contributed by atoms with van der Waals surface area (Å²) in [6, 6.07) is 10.8. The number of rotatable bonds is 5. The van der Waals surface area contributed by atoms with Crippen LogP contribution in [0, 0.1) is 0 Å². The largest absolute Gasteiger partial charge is 0.341 e. The van der Waals surface area contributed by atoms with E-state index in [1.54, 1.807) is 0 Å². The lowest BCUT2D eigenvalue weighted by Crippen LogP contribution is -2.21. The predicted octanol–water partition coefficient (Wildman–Crippen LogP) is 2.93. The second-order valence-corrected chi connectivity index (χ2v) is 5.60. The van der Waals surface area contributed by atoms with Crippen LogP contribution >= 0.6 is 0 Å². The van der Waals surface area contributed by atoms with Gasteiger partial charge in [-0.3, -0.25) is 0 Å². The van der Waals surface area contributed by atoms with Gasteiger partial charge >= 0.3 is 0 Å². The van der Waals surface area contributed by atoms with E-state index in [1.807, 2.05) is 18.5 Å². The fraction of sp³-hybridized carbons (Fsp3) is 0.412. The highest BCUT2D eigenvalue weighted by molar-refractivity contribution is 5.31. The molecule has 1 atom stereocenters. The Morgan fingerprint density at radius 2 is 1.76 bits per heavy atom. The zero-order valence-corrected chi connectivity index (χ0v) is 12.5. The Labute approximate surface area is 126 Å². The van der Waals surface area contributed by atoms with E-state index in [1.165, 1.54) is 18.4 Å². The molecule has 0 aliphatic carbocycles. The molecule has 3 rings (SSSR count). The Bertz CT molecular complexity index is 547. The number of aromatic nitrogens is 2. The zero-order chi connectivity index (χ0) is 14.5. The number of nitrogens with zero attached hydrogens (tertiary/aromatic N) is 3. The maximum absolute atomic E-state index is 4.49. The summed E-state index contributed by atoms with van der Waals surface area (Å²) in [6.07, 6.45) is 6.37. The van der Waals surface area contributed by atoms with Crippen LogP contribution in [-0.2, 0) is 6.54 Å². The molecule has 1 aromatic carbocycles. The molecule has 1 aromatic heterocycles. The van der Waals surface area contributed by atoms with Crippen molar-refractivity contribution in [2.45, 2.75) is 32.4 Å². The van der Waals surface area contributed by atoms with Gasteiger partial charge in [0.25, 0.3) is 0 Å². The van der Waals surface area contributed by atoms with Gasteiger partial charge in [-0.2, -0.15) is 0 Å². The molecule has 0 amide bonds. The van der Waals surface area contributed by atoms with E-state index in [-0.39, 0.29) is 0 Å². The Morgan fingerprint density at radius 1 is 1.10 bits per heavy atom. The van der Waals surface area contributed by atoms with Gasteiger partial charge in [-0.25, -0.2) is 9.97 Å². The average molecular weight is 282 g/mol. The summed E-state index contributed by atoms with van der Waals surface area (Å²) >= 11 is 0. The molecule has 110 valence electrons. The summed E-state index contributed by atoms with van der Waals surface area (Å²) in [4.78, 5) is 11.2. The Hall–Kier alpha value is -1.94. The van der Waals surface area contributed by atoms with Crippen LogP contribution in [-0.4, -0.2) is 23.1 Å². The molecule has 1 N–H and O–H groups in total. The molecule has 0 unspecified atom stereocenters. The van der Waals surface area contributed by atoms with Crippen LogP contribution in [0.25, 0.3) is 0 Å². The van der Waals surface area contributed by atoms with Gasteiger partial charge in [-0.1, -0.05) is 30.3 Å². The molecule has 1 fully saturated rings. The lowest BCUT2D eigenvalue weighted by atomic mass is 10.1. The second kappa shape index (κ2) is 6.68. The molecule has 4 heteroatoms. The van der Waals surface area contributed by atoms with Crippen molar-refractivity contribution in [3.05, 3.63) is 53.9 Å². The standard InChI is InChI=1S/C17H22N4/c1-14(16-7-3-2-4-8-16)18-11-15-12-19-17(20-13-15)21-9-5-6-10-21/h2-4,7-8,12-14,18H,5-6,9-11H2,1H3/t14-/m1/s1. The highest BCUT2D eigenvalue weighted by Gasteiger charge is 2.14. The first-order valence-electron chi connectivity index (χ1n) is 7.67. The van der Waals surface area contributed by atoms with E-state index in [0.29, 0.717) is 6.04 Å². The second-order valence-electron chi connectivity index (χ2n) is 5.60. The van der Waals surface area contributed by atoms with E-state index in [9.17, 15) is 0 Å². The van der Waals surface area contributed by atoms with E-state index in [0.717, 1.165) is 31.1 Å². The third-order valence-electron chi connectivity index (χ3n) is 3.99. The molecular weight excluding hydrogens is 260 g/mol. The first kappa shape index (κ1) is 14.0. The fourth-order valence-corrected chi connectivity index (χ4v) is 2.65. The van der Waals surface area contributed by atoms with Crippen molar-refractivity contribution in [3.63, 3.8) is 0 Å². The van der Waals surface area contributed by atoms with Crippen molar-refractivity contribution in [1.82, 2.24) is 15.3 Å². The fourth-order valence-electron chi connectivity index (χ4n) is 2.65. The summed E-state index contributed by atoms with van der Waals surface area (Å²) in [7, 11) is 0. The first-order valence-corrected chi connectivity index (χ1v) is 7.67. The van der Waals surface area contributed by atoms with Crippen LogP contribution in [0.15, 0.2) is 42.7 Å². The van der Waals surface area contributed by atoms with Crippen LogP contribution in [0.5, 0.6) is 0 Å². The number of nitrogens with one attached hydrogen (secondary N) is 1. The molecule has 21 heavy (non-hydrogen) atoms. The molecule has 1 aliphatic rings. The van der Waals surface area contributed by atoms with Crippen molar-refractivity contribution < 1.29 is 0 Å². The Balaban J connectivity index is 1.55. The predicted molar refractivity (Wildman–Crippen MR) is 85.2 cm³/mol. The van der Waals surface area contributed by atoms with Gasteiger partial charge in [0.2, 0.25) is 5.95 Å². The molecule has 2 heterocycles. The minimum absolute atomic E-state index is 0.324. The lowest BCUT2D eigenvalue weighted by molar-refractivity contribution is 0.572. The maximum atomic E-state index is 4.49. The van der Waals surface area contributed by atoms with Gasteiger partial charge in [0.15, 0.2) is 0 Å². The zero-order valence-electron chi connectivity index (χ0n) is 12.5. The molecule has 4 nitrogen and oxygen atoms in total. The summed E-state index contributed by atoms with van der Waals surface area (Å²) in [5.41, 5.74) is 2.42. The molecule has 0 saturated carbocycles. The van der Waals surface area contributed by atoms with Crippen LogP contribution in [0.1, 0.15) is 36.9 Å². The molecule has 0 spiro atoms. The Kier molecular flexibility index (Phi) is 4.46. The highest BCUT2D eigenvalue weighted by Crippen LogP contribution is 2.15. The summed E-state index contributed by atoms with van der Waals surface area (Å²) in [5.74, 6) is 0.868. The smallest absolute Gasteiger partial charge is 0.225 e. The molecule has 0 bridgehead atoms. The lowest BCUT2D eigenvalue weighted by Gasteiger charge is -2.16. The van der Waals surface area contributed by atoms with E-state index >= 15 is 0 Å². The third-order valence-corrected chi connectivity index (χ3v) is 3.99. The molecule has 0 radical (unpaired) electrons. The van der Waals surface area contributed by atoms with E-state index < -0.39 is 0 Å². The SMILES string of the molecule is C[C@@H](NCc1cnc(N2CCCC2)nc1)c1ccccc1. The van der Waals surface area contributed by atoms with Gasteiger partial charge in [-0.15, -0.1) is 0 Å². The van der Waals surface area contributed by atoms with Crippen molar-refractivity contribution in [1.29, 1.82) is 0 Å². The van der Waals surface area contributed by atoms with Crippen LogP contribution < -0.4 is 10.2 Å². The van der Waals surface area contributed by atoms with Gasteiger partial charge in [0, 0.05) is 43.6 Å². The van der Waals surface area contributed by atoms with Crippen molar-refractivity contribution in [3.8, 4) is 0 Å². The van der Waals surface area contributed by atoms with Gasteiger partial charge < -0.3 is 10.2 Å². The number of benzene rings is 1. The van der Waals surface area contributed by atoms with Crippen LogP contribution in [0.3, 0.4) is 0 Å². The minimum Gasteiger partial charge on any atom is -0.341 e. The summed E-state index contributed by atoms with van der Waals surface area (Å²) in [6.45, 7) is 5.14. The van der Waals surface area contributed by atoms with Gasteiger partial charge in [-0.05, 0) is 25.3 Å². The first-order chi connectivity index (χ1) is 10.3. The van der Waals surface area contributed by atoms with E-state index in [4.69, 9.17) is 0 Å². The normalized spacial score (nSPS) is 16.1. The highest BCUT2D eigenvalue weighted by atomic mass is 15.3. The van der Waals surface area contributed by atoms with Crippen molar-refractivity contribution >= 4 is 5.95 Å². The summed E-state index contributed by atoms with van der Waals surface area (Å²) < 4.78 is 0. The minimum atomic E-state index is 0.324. The van der Waals surface area contributed by atoms with Gasteiger partial charge in [0.05, 0.1) is 0 Å². The number of anilines is 1. The molecule has 1 aliphatic heterocycles. The number of hydrogen-bond donors (Lipinski definition) is 1. The average Bonchev–Trinajstić information content (AvgIpc) is 3.08.